The topological polar surface area (TPSA) is 96.0 Å². The molecular formula is C29H33ClFN3O5S. The van der Waals surface area contributed by atoms with Gasteiger partial charge in [0.1, 0.15) is 24.2 Å². The van der Waals surface area contributed by atoms with Crippen molar-refractivity contribution < 1.29 is 27.1 Å². The van der Waals surface area contributed by atoms with Crippen LogP contribution in [0.3, 0.4) is 0 Å². The number of amides is 2. The minimum absolute atomic E-state index is 0.0739. The molecule has 0 radical (unpaired) electrons. The number of carbonyl (C=O) groups is 2. The molecule has 0 saturated heterocycles. The van der Waals surface area contributed by atoms with Crippen molar-refractivity contribution in [3.63, 3.8) is 0 Å². The molecule has 0 aliphatic rings. The van der Waals surface area contributed by atoms with Crippen LogP contribution in [0.2, 0.25) is 5.02 Å². The zero-order valence-electron chi connectivity index (χ0n) is 23.0. The Labute approximate surface area is 239 Å². The molecule has 1 unspecified atom stereocenters. The van der Waals surface area contributed by atoms with Crippen LogP contribution in [-0.2, 0) is 26.2 Å². The molecule has 0 fully saturated rings. The molecule has 11 heteroatoms. The van der Waals surface area contributed by atoms with Crippen molar-refractivity contribution in [1.82, 2.24) is 10.2 Å². The Morgan fingerprint density at radius 3 is 2.15 bits per heavy atom. The van der Waals surface area contributed by atoms with Crippen LogP contribution in [0.1, 0.15) is 33.3 Å². The monoisotopic (exact) mass is 589 g/mol. The fourth-order valence-electron chi connectivity index (χ4n) is 3.88. The normalized spacial score (nSPS) is 12.4. The Hall–Kier alpha value is -3.63. The van der Waals surface area contributed by atoms with Crippen LogP contribution in [0.15, 0.2) is 77.7 Å². The summed E-state index contributed by atoms with van der Waals surface area (Å²) < 4.78 is 48.3. The molecule has 0 aliphatic carbocycles. The third kappa shape index (κ3) is 7.73. The van der Waals surface area contributed by atoms with Gasteiger partial charge in [0.25, 0.3) is 10.0 Å². The van der Waals surface area contributed by atoms with Gasteiger partial charge in [-0.05, 0) is 82.3 Å². The van der Waals surface area contributed by atoms with Crippen molar-refractivity contribution in [3.05, 3.63) is 89.2 Å². The number of rotatable bonds is 10. The molecule has 0 aliphatic heterocycles. The molecule has 0 heterocycles. The van der Waals surface area contributed by atoms with Crippen molar-refractivity contribution in [2.75, 3.05) is 18.0 Å². The summed E-state index contributed by atoms with van der Waals surface area (Å²) in [5, 5.41) is 3.21. The minimum Gasteiger partial charge on any atom is -0.497 e. The first-order valence-corrected chi connectivity index (χ1v) is 14.3. The third-order valence-electron chi connectivity index (χ3n) is 6.00. The molecule has 1 atom stereocenters. The van der Waals surface area contributed by atoms with Gasteiger partial charge in [-0.25, -0.2) is 12.8 Å². The van der Waals surface area contributed by atoms with Gasteiger partial charge in [0.05, 0.1) is 17.7 Å². The molecule has 8 nitrogen and oxygen atoms in total. The first-order chi connectivity index (χ1) is 18.7. The number of methoxy groups -OCH3 is 1. The molecule has 3 rings (SSSR count). The Kier molecular flexibility index (Phi) is 9.81. The number of nitrogens with zero attached hydrogens (tertiary/aromatic N) is 2. The van der Waals surface area contributed by atoms with Gasteiger partial charge in [0.15, 0.2) is 0 Å². The van der Waals surface area contributed by atoms with Gasteiger partial charge >= 0.3 is 0 Å². The van der Waals surface area contributed by atoms with Gasteiger partial charge < -0.3 is 15.0 Å². The van der Waals surface area contributed by atoms with E-state index in [1.807, 2.05) is 0 Å². The largest absolute Gasteiger partial charge is 0.497 e. The summed E-state index contributed by atoms with van der Waals surface area (Å²) in [5.74, 6) is -1.26. The second-order valence-corrected chi connectivity index (χ2v) is 12.5. The summed E-state index contributed by atoms with van der Waals surface area (Å²) in [7, 11) is -2.80. The maximum atomic E-state index is 14.6. The standard InChI is InChI=1S/C29H33ClFN3O5S/c1-20(28(36)32-29(2,3)4)33(18-21-8-6-7-9-26(21)31)27(35)19-34(23-12-10-22(30)11-13-23)40(37,38)25-16-14-24(39-5)15-17-25/h6-17,20H,18-19H2,1-5H3,(H,32,36). The molecule has 3 aromatic rings. The quantitative estimate of drug-likeness (QED) is 0.358. The van der Waals surface area contributed by atoms with E-state index in [9.17, 15) is 22.4 Å². The average Bonchev–Trinajstić information content (AvgIpc) is 2.90. The first kappa shape index (κ1) is 30.9. The Morgan fingerprint density at radius 1 is 1.00 bits per heavy atom. The third-order valence-corrected chi connectivity index (χ3v) is 8.04. The van der Waals surface area contributed by atoms with E-state index in [4.69, 9.17) is 16.3 Å². The number of anilines is 1. The van der Waals surface area contributed by atoms with Crippen LogP contribution in [0.4, 0.5) is 10.1 Å². The van der Waals surface area contributed by atoms with E-state index in [1.54, 1.807) is 26.8 Å². The molecule has 40 heavy (non-hydrogen) atoms. The van der Waals surface area contributed by atoms with Gasteiger partial charge in [-0.15, -0.1) is 0 Å². The highest BCUT2D eigenvalue weighted by Gasteiger charge is 2.33. The minimum atomic E-state index is -4.26. The zero-order chi connectivity index (χ0) is 29.7. The number of halogens is 2. The van der Waals surface area contributed by atoms with Crippen LogP contribution in [-0.4, -0.2) is 50.4 Å². The van der Waals surface area contributed by atoms with Gasteiger partial charge in [-0.1, -0.05) is 29.8 Å². The lowest BCUT2D eigenvalue weighted by Crippen LogP contribution is -2.54. The van der Waals surface area contributed by atoms with Crippen molar-refractivity contribution in [2.45, 2.75) is 50.7 Å². The summed E-state index contributed by atoms with van der Waals surface area (Å²) >= 11 is 6.03. The van der Waals surface area contributed by atoms with Crippen molar-refractivity contribution >= 4 is 39.1 Å². The Balaban J connectivity index is 2.04. The lowest BCUT2D eigenvalue weighted by atomic mass is 10.1. The summed E-state index contributed by atoms with van der Waals surface area (Å²) in [6.07, 6.45) is 0. The van der Waals surface area contributed by atoms with Crippen LogP contribution in [0.25, 0.3) is 0 Å². The summed E-state index contributed by atoms with van der Waals surface area (Å²) in [6, 6.07) is 16.6. The number of ether oxygens (including phenoxy) is 1. The number of sulfonamides is 1. The average molecular weight is 590 g/mol. The molecule has 0 bridgehead atoms. The molecule has 1 N–H and O–H groups in total. The summed E-state index contributed by atoms with van der Waals surface area (Å²) in [5.41, 5.74) is -0.223. The van der Waals surface area contributed by atoms with E-state index in [1.165, 1.54) is 85.7 Å². The van der Waals surface area contributed by atoms with Crippen LogP contribution < -0.4 is 14.4 Å². The molecule has 0 spiro atoms. The number of benzene rings is 3. The van der Waals surface area contributed by atoms with E-state index in [0.29, 0.717) is 10.8 Å². The number of carbonyl (C=O) groups excluding carboxylic acids is 2. The zero-order valence-corrected chi connectivity index (χ0v) is 24.6. The highest BCUT2D eigenvalue weighted by atomic mass is 35.5. The Bertz CT molecular complexity index is 1440. The van der Waals surface area contributed by atoms with E-state index in [-0.39, 0.29) is 22.7 Å². The highest BCUT2D eigenvalue weighted by molar-refractivity contribution is 7.92. The molecule has 2 amide bonds. The highest BCUT2D eigenvalue weighted by Crippen LogP contribution is 2.27. The Morgan fingerprint density at radius 2 is 1.60 bits per heavy atom. The summed E-state index contributed by atoms with van der Waals surface area (Å²) in [4.78, 5) is 28.1. The predicted octanol–water partition coefficient (Wildman–Crippen LogP) is 5.02. The smallest absolute Gasteiger partial charge is 0.264 e. The van der Waals surface area contributed by atoms with Gasteiger partial charge in [0, 0.05) is 22.7 Å². The van der Waals surface area contributed by atoms with Crippen LogP contribution in [0.5, 0.6) is 5.75 Å². The lowest BCUT2D eigenvalue weighted by molar-refractivity contribution is -0.140. The second kappa shape index (κ2) is 12.7. The molecule has 3 aromatic carbocycles. The van der Waals surface area contributed by atoms with E-state index < -0.39 is 45.8 Å². The maximum absolute atomic E-state index is 14.6. The summed E-state index contributed by atoms with van der Waals surface area (Å²) in [6.45, 7) is 6.00. The molecule has 0 saturated carbocycles. The van der Waals surface area contributed by atoms with Gasteiger partial charge in [0.2, 0.25) is 11.8 Å². The predicted molar refractivity (Wildman–Crippen MR) is 153 cm³/mol. The van der Waals surface area contributed by atoms with E-state index in [2.05, 4.69) is 5.32 Å². The van der Waals surface area contributed by atoms with E-state index >= 15 is 0 Å². The van der Waals surface area contributed by atoms with Gasteiger partial charge in [-0.3, -0.25) is 13.9 Å². The van der Waals surface area contributed by atoms with Crippen molar-refractivity contribution in [3.8, 4) is 5.75 Å². The molecule has 214 valence electrons. The van der Waals surface area contributed by atoms with Gasteiger partial charge in [-0.2, -0.15) is 0 Å². The lowest BCUT2D eigenvalue weighted by Gasteiger charge is -2.33. The van der Waals surface area contributed by atoms with E-state index in [0.717, 1.165) is 4.31 Å². The van der Waals surface area contributed by atoms with Crippen LogP contribution >= 0.6 is 11.6 Å². The van der Waals surface area contributed by atoms with Crippen LogP contribution in [0, 0.1) is 5.82 Å². The molecular weight excluding hydrogens is 557 g/mol. The fraction of sp³-hybridized carbons (Fsp3) is 0.310. The van der Waals surface area contributed by atoms with Crippen molar-refractivity contribution in [1.29, 1.82) is 0 Å². The fourth-order valence-corrected chi connectivity index (χ4v) is 5.42. The number of hydrogen-bond donors (Lipinski definition) is 1. The number of nitrogens with one attached hydrogen (secondary N) is 1. The second-order valence-electron chi connectivity index (χ2n) is 10.2. The number of hydrogen-bond acceptors (Lipinski definition) is 5. The maximum Gasteiger partial charge on any atom is 0.264 e. The SMILES string of the molecule is COc1ccc(S(=O)(=O)N(CC(=O)N(Cc2ccccc2F)C(C)C(=O)NC(C)(C)C)c2ccc(Cl)cc2)cc1. The van der Waals surface area contributed by atoms with Crippen molar-refractivity contribution in [2.24, 2.45) is 0 Å². The first-order valence-electron chi connectivity index (χ1n) is 12.5. The molecule has 0 aromatic heterocycles.